The second-order valence-electron chi connectivity index (χ2n) is 4.46. The molecule has 5 heteroatoms. The number of nitrogens with one attached hydrogen (secondary N) is 1. The van der Waals surface area contributed by atoms with Gasteiger partial charge in [-0.1, -0.05) is 23.7 Å². The van der Waals surface area contributed by atoms with Crippen LogP contribution < -0.4 is 5.32 Å². The van der Waals surface area contributed by atoms with Crippen molar-refractivity contribution in [1.29, 1.82) is 0 Å². The third-order valence-corrected chi connectivity index (χ3v) is 3.27. The van der Waals surface area contributed by atoms with Gasteiger partial charge >= 0.3 is 0 Å². The minimum atomic E-state index is -0.173. The van der Waals surface area contributed by atoms with E-state index in [4.69, 9.17) is 11.6 Å². The third kappa shape index (κ3) is 2.38. The average Bonchev–Trinajstić information content (AvgIpc) is 2.59. The maximum absolute atomic E-state index is 11.9. The van der Waals surface area contributed by atoms with Crippen molar-refractivity contribution in [2.24, 2.45) is 4.99 Å². The van der Waals surface area contributed by atoms with Crippen molar-refractivity contribution in [2.75, 3.05) is 5.32 Å². The number of rotatable bonds is 1. The van der Waals surface area contributed by atoms with Crippen molar-refractivity contribution in [3.8, 4) is 5.75 Å². The van der Waals surface area contributed by atoms with E-state index >= 15 is 0 Å². The van der Waals surface area contributed by atoms with Gasteiger partial charge in [0.25, 0.3) is 0 Å². The third-order valence-electron chi connectivity index (χ3n) is 3.03. The molecule has 2 aromatic rings. The Labute approximate surface area is 120 Å². The molecule has 0 atom stereocenters. The van der Waals surface area contributed by atoms with Gasteiger partial charge in [-0.05, 0) is 30.3 Å². The monoisotopic (exact) mass is 286 g/mol. The zero-order valence-electron chi connectivity index (χ0n) is 10.4. The highest BCUT2D eigenvalue weighted by atomic mass is 35.5. The number of halogens is 1. The predicted molar refractivity (Wildman–Crippen MR) is 79.0 cm³/mol. The van der Waals surface area contributed by atoms with Crippen LogP contribution in [0.2, 0.25) is 5.02 Å². The van der Waals surface area contributed by atoms with Gasteiger partial charge in [0.2, 0.25) is 5.91 Å². The molecule has 3 rings (SSSR count). The number of aliphatic imine (C=N–C) groups is 1. The lowest BCUT2D eigenvalue weighted by Crippen LogP contribution is -2.15. The van der Waals surface area contributed by atoms with Gasteiger partial charge < -0.3 is 10.4 Å². The van der Waals surface area contributed by atoms with Crippen molar-refractivity contribution in [1.82, 2.24) is 0 Å². The first-order valence-corrected chi connectivity index (χ1v) is 6.46. The Kier molecular flexibility index (Phi) is 3.16. The largest absolute Gasteiger partial charge is 0.507 e. The maximum Gasteiger partial charge on any atom is 0.230 e. The Morgan fingerprint density at radius 2 is 2.00 bits per heavy atom. The molecule has 0 aromatic heterocycles. The second kappa shape index (κ2) is 4.98. The number of aromatic hydroxyl groups is 1. The van der Waals surface area contributed by atoms with E-state index in [1.165, 1.54) is 6.07 Å². The van der Waals surface area contributed by atoms with E-state index < -0.39 is 0 Å². The van der Waals surface area contributed by atoms with Crippen LogP contribution in [0.15, 0.2) is 47.5 Å². The molecule has 2 N–H and O–H groups in total. The molecule has 0 saturated heterocycles. The van der Waals surface area contributed by atoms with Gasteiger partial charge in [0.1, 0.15) is 5.75 Å². The Morgan fingerprint density at radius 1 is 1.20 bits per heavy atom. The van der Waals surface area contributed by atoms with E-state index in [1.54, 1.807) is 18.2 Å². The Balaban J connectivity index is 2.15. The fraction of sp³-hybridized carbons (Fsp3) is 0.0667. The van der Waals surface area contributed by atoms with Crippen molar-refractivity contribution in [3.05, 3.63) is 53.1 Å². The molecule has 0 radical (unpaired) electrons. The van der Waals surface area contributed by atoms with Crippen molar-refractivity contribution in [2.45, 2.75) is 6.42 Å². The van der Waals surface area contributed by atoms with Crippen molar-refractivity contribution >= 4 is 34.6 Å². The average molecular weight is 287 g/mol. The lowest BCUT2D eigenvalue weighted by molar-refractivity contribution is -0.115. The number of carbonyl (C=O) groups is 1. The van der Waals surface area contributed by atoms with Crippen LogP contribution >= 0.6 is 11.6 Å². The van der Waals surface area contributed by atoms with Crippen LogP contribution in [0, 0.1) is 0 Å². The standard InChI is InChI=1S/C15H11ClN2O2/c16-9-5-6-14(19)10(7-9)13-8-15(20)18-12-4-2-1-3-11(12)17-13/h1-7,19H,8H2,(H,18,20). The van der Waals surface area contributed by atoms with E-state index in [1.807, 2.05) is 18.2 Å². The molecule has 20 heavy (non-hydrogen) atoms. The summed E-state index contributed by atoms with van der Waals surface area (Å²) in [7, 11) is 0. The summed E-state index contributed by atoms with van der Waals surface area (Å²) in [6.45, 7) is 0. The number of benzene rings is 2. The van der Waals surface area contributed by atoms with Crippen LogP contribution in [0.25, 0.3) is 0 Å². The van der Waals surface area contributed by atoms with Crippen LogP contribution in [-0.4, -0.2) is 16.7 Å². The summed E-state index contributed by atoms with van der Waals surface area (Å²) in [6.07, 6.45) is 0.0859. The summed E-state index contributed by atoms with van der Waals surface area (Å²) in [5.74, 6) is -0.117. The highest BCUT2D eigenvalue weighted by Gasteiger charge is 2.19. The summed E-state index contributed by atoms with van der Waals surface area (Å²) in [5, 5.41) is 13.2. The zero-order chi connectivity index (χ0) is 14.1. The first-order valence-electron chi connectivity index (χ1n) is 6.09. The molecule has 0 spiro atoms. The van der Waals surface area contributed by atoms with Gasteiger partial charge in [-0.15, -0.1) is 0 Å². The van der Waals surface area contributed by atoms with Crippen LogP contribution in [-0.2, 0) is 4.79 Å². The predicted octanol–water partition coefficient (Wildman–Crippen LogP) is 3.51. The van der Waals surface area contributed by atoms with Gasteiger partial charge in [-0.3, -0.25) is 4.79 Å². The molecular weight excluding hydrogens is 276 g/mol. The van der Waals surface area contributed by atoms with E-state index in [9.17, 15) is 9.90 Å². The number of hydrogen-bond donors (Lipinski definition) is 2. The minimum Gasteiger partial charge on any atom is -0.507 e. The van der Waals surface area contributed by atoms with Crippen molar-refractivity contribution in [3.63, 3.8) is 0 Å². The van der Waals surface area contributed by atoms with E-state index in [2.05, 4.69) is 10.3 Å². The van der Waals surface area contributed by atoms with E-state index in [0.717, 1.165) is 0 Å². The number of hydrogen-bond acceptors (Lipinski definition) is 3. The molecule has 0 bridgehead atoms. The normalized spacial score (nSPS) is 14.1. The molecule has 1 aliphatic heterocycles. The number of amides is 1. The van der Waals surface area contributed by atoms with Crippen molar-refractivity contribution < 1.29 is 9.90 Å². The first kappa shape index (κ1) is 12.7. The SMILES string of the molecule is O=C1CC(c2cc(Cl)ccc2O)=Nc2ccccc2N1. The van der Waals surface area contributed by atoms with E-state index in [-0.39, 0.29) is 18.1 Å². The summed E-state index contributed by atoms with van der Waals surface area (Å²) in [4.78, 5) is 16.4. The highest BCUT2D eigenvalue weighted by molar-refractivity contribution is 6.31. The second-order valence-corrected chi connectivity index (χ2v) is 4.90. The fourth-order valence-electron chi connectivity index (χ4n) is 2.10. The van der Waals surface area contributed by atoms with Gasteiger partial charge in [-0.2, -0.15) is 0 Å². The number of fused-ring (bicyclic) bond motifs is 1. The van der Waals surface area contributed by atoms with Gasteiger partial charge in [0.15, 0.2) is 0 Å². The smallest absolute Gasteiger partial charge is 0.230 e. The molecule has 0 unspecified atom stereocenters. The van der Waals surface area contributed by atoms with Gasteiger partial charge in [0.05, 0.1) is 23.5 Å². The number of carbonyl (C=O) groups excluding carboxylic acids is 1. The molecule has 0 fully saturated rings. The number of anilines is 1. The minimum absolute atomic E-state index is 0.0559. The Morgan fingerprint density at radius 3 is 2.85 bits per heavy atom. The molecule has 1 aliphatic rings. The molecule has 1 heterocycles. The first-order chi connectivity index (χ1) is 9.63. The quantitative estimate of drug-likeness (QED) is 0.843. The molecular formula is C15H11ClN2O2. The summed E-state index contributed by atoms with van der Waals surface area (Å²) >= 11 is 5.95. The van der Waals surface area contributed by atoms with Gasteiger partial charge in [-0.25, -0.2) is 4.99 Å². The molecule has 4 nitrogen and oxygen atoms in total. The molecule has 100 valence electrons. The van der Waals surface area contributed by atoms with Crippen LogP contribution in [0.5, 0.6) is 5.75 Å². The molecule has 2 aromatic carbocycles. The summed E-state index contributed by atoms with van der Waals surface area (Å²) in [5.41, 5.74) is 2.29. The Hall–Kier alpha value is -2.33. The van der Waals surface area contributed by atoms with Crippen LogP contribution in [0.4, 0.5) is 11.4 Å². The van der Waals surface area contributed by atoms with E-state index in [0.29, 0.717) is 27.7 Å². The fourth-order valence-corrected chi connectivity index (χ4v) is 2.28. The summed E-state index contributed by atoms with van der Waals surface area (Å²) in [6, 6.07) is 12.0. The molecule has 0 aliphatic carbocycles. The zero-order valence-corrected chi connectivity index (χ0v) is 11.2. The number of para-hydroxylation sites is 2. The number of nitrogens with zero attached hydrogens (tertiary/aromatic N) is 1. The summed E-state index contributed by atoms with van der Waals surface area (Å²) < 4.78 is 0. The van der Waals surface area contributed by atoms with Crippen LogP contribution in [0.1, 0.15) is 12.0 Å². The van der Waals surface area contributed by atoms with Gasteiger partial charge in [0, 0.05) is 10.6 Å². The topological polar surface area (TPSA) is 61.7 Å². The number of phenolic OH excluding ortho intramolecular Hbond substituents is 1. The lowest BCUT2D eigenvalue weighted by Gasteiger charge is -2.06. The molecule has 0 saturated carbocycles. The highest BCUT2D eigenvalue weighted by Crippen LogP contribution is 2.31. The van der Waals surface area contributed by atoms with Crippen LogP contribution in [0.3, 0.4) is 0 Å². The maximum atomic E-state index is 11.9. The Bertz CT molecular complexity index is 726. The number of phenols is 1. The molecule has 1 amide bonds. The lowest BCUT2D eigenvalue weighted by atomic mass is 10.1.